The van der Waals surface area contributed by atoms with Gasteiger partial charge in [-0.3, -0.25) is 4.90 Å². The molecule has 0 saturated carbocycles. The van der Waals surface area contributed by atoms with Crippen LogP contribution in [-0.2, 0) is 13.6 Å². The lowest BCUT2D eigenvalue weighted by Crippen LogP contribution is -2.39. The van der Waals surface area contributed by atoms with Gasteiger partial charge in [0.2, 0.25) is 0 Å². The maximum absolute atomic E-state index is 11.6. The van der Waals surface area contributed by atoms with E-state index >= 15 is 0 Å². The summed E-state index contributed by atoms with van der Waals surface area (Å²) in [7, 11) is 5.65. The molecule has 1 aliphatic rings. The number of likely N-dealkylation sites (tertiary alicyclic amines) is 1. The summed E-state index contributed by atoms with van der Waals surface area (Å²) in [5.74, 6) is 1.76. The lowest BCUT2D eigenvalue weighted by molar-refractivity contribution is 0.208. The average molecular weight is 343 g/mol. The van der Waals surface area contributed by atoms with Gasteiger partial charge in [-0.2, -0.15) is 4.98 Å². The van der Waals surface area contributed by atoms with Crippen LogP contribution >= 0.6 is 0 Å². The molecule has 1 saturated heterocycles. The van der Waals surface area contributed by atoms with Crippen LogP contribution in [0.4, 0.5) is 11.6 Å². The zero-order chi connectivity index (χ0) is 17.8. The zero-order valence-corrected chi connectivity index (χ0v) is 15.0. The minimum Gasteiger partial charge on any atom is -0.367 e. The van der Waals surface area contributed by atoms with Crippen molar-refractivity contribution < 1.29 is 0 Å². The van der Waals surface area contributed by atoms with E-state index in [2.05, 4.69) is 25.2 Å². The van der Waals surface area contributed by atoms with E-state index in [-0.39, 0.29) is 5.69 Å². The van der Waals surface area contributed by atoms with E-state index in [0.717, 1.165) is 49.8 Å². The first kappa shape index (κ1) is 17.3. The Balaban J connectivity index is 1.52. The highest BCUT2D eigenvalue weighted by molar-refractivity contribution is 5.47. The predicted molar refractivity (Wildman–Crippen MR) is 97.8 cm³/mol. The Morgan fingerprint density at radius 1 is 1.28 bits per heavy atom. The Morgan fingerprint density at radius 2 is 2.04 bits per heavy atom. The lowest BCUT2D eigenvalue weighted by Gasteiger charge is -2.32. The maximum atomic E-state index is 11.6. The second-order valence-electron chi connectivity index (χ2n) is 6.66. The van der Waals surface area contributed by atoms with Crippen LogP contribution in [-0.4, -0.2) is 57.6 Å². The van der Waals surface area contributed by atoms with Crippen LogP contribution in [0.3, 0.4) is 0 Å². The molecule has 0 spiro atoms. The fourth-order valence-corrected chi connectivity index (χ4v) is 2.93. The lowest BCUT2D eigenvalue weighted by atomic mass is 10.0. The first-order valence-corrected chi connectivity index (χ1v) is 8.52. The summed E-state index contributed by atoms with van der Waals surface area (Å²) < 4.78 is 1.49. The summed E-state index contributed by atoms with van der Waals surface area (Å²) in [6.45, 7) is 2.67. The largest absolute Gasteiger partial charge is 0.367 e. The molecule has 1 N–H and O–H groups in total. The first-order chi connectivity index (χ1) is 12.0. The Morgan fingerprint density at radius 3 is 2.72 bits per heavy atom. The molecule has 0 amide bonds. The van der Waals surface area contributed by atoms with Gasteiger partial charge in [0.1, 0.15) is 18.0 Å². The molecule has 0 aromatic carbocycles. The van der Waals surface area contributed by atoms with Gasteiger partial charge in [0.25, 0.3) is 0 Å². The minimum atomic E-state index is -0.200. The molecular formula is C17H25N7O. The number of aromatic nitrogens is 4. The van der Waals surface area contributed by atoms with Crippen molar-refractivity contribution in [3.05, 3.63) is 40.8 Å². The standard InChI is InChI=1S/C17H25N7O/c1-22(2)16-10-15(18-12-19-16)20-13-5-8-24(9-6-13)11-14-4-7-23(3)17(25)21-14/h4,7,10,12-13H,5-6,8-9,11H2,1-3H3,(H,18,19,20). The number of nitrogens with zero attached hydrogens (tertiary/aromatic N) is 6. The SMILES string of the molecule is CN(C)c1cc(NC2CCN(Cc3ccn(C)c(=O)n3)CC2)ncn1. The Kier molecular flexibility index (Phi) is 5.28. The second kappa shape index (κ2) is 7.60. The fraction of sp³-hybridized carbons (Fsp3) is 0.529. The number of anilines is 2. The number of aryl methyl sites for hydroxylation is 1. The van der Waals surface area contributed by atoms with E-state index in [1.165, 1.54) is 4.57 Å². The Labute approximate surface area is 147 Å². The van der Waals surface area contributed by atoms with Gasteiger partial charge in [0.15, 0.2) is 0 Å². The molecule has 0 radical (unpaired) electrons. The molecule has 0 bridgehead atoms. The summed E-state index contributed by atoms with van der Waals surface area (Å²) in [6, 6.07) is 4.28. The molecular weight excluding hydrogens is 318 g/mol. The van der Waals surface area contributed by atoms with Crippen molar-refractivity contribution in [3.63, 3.8) is 0 Å². The summed E-state index contributed by atoms with van der Waals surface area (Å²) in [6.07, 6.45) is 5.43. The predicted octanol–water partition coefficient (Wildman–Crippen LogP) is 0.713. The van der Waals surface area contributed by atoms with E-state index < -0.39 is 0 Å². The van der Waals surface area contributed by atoms with Crippen molar-refractivity contribution in [2.45, 2.75) is 25.4 Å². The molecule has 1 fully saturated rings. The van der Waals surface area contributed by atoms with Crippen molar-refractivity contribution in [1.29, 1.82) is 0 Å². The average Bonchev–Trinajstić information content (AvgIpc) is 2.60. The highest BCUT2D eigenvalue weighted by Crippen LogP contribution is 2.18. The summed E-state index contributed by atoms with van der Waals surface area (Å²) in [4.78, 5) is 28.6. The van der Waals surface area contributed by atoms with Crippen LogP contribution in [0.5, 0.6) is 0 Å². The van der Waals surface area contributed by atoms with Gasteiger partial charge in [0.05, 0.1) is 5.69 Å². The highest BCUT2D eigenvalue weighted by atomic mass is 16.1. The molecule has 2 aromatic rings. The third-order valence-electron chi connectivity index (χ3n) is 4.47. The van der Waals surface area contributed by atoms with E-state index in [9.17, 15) is 4.79 Å². The van der Waals surface area contributed by atoms with Crippen LogP contribution in [0.2, 0.25) is 0 Å². The van der Waals surface area contributed by atoms with Crippen LogP contribution in [0.25, 0.3) is 0 Å². The maximum Gasteiger partial charge on any atom is 0.347 e. The summed E-state index contributed by atoms with van der Waals surface area (Å²) in [5.41, 5.74) is 0.635. The van der Waals surface area contributed by atoms with Crippen molar-refractivity contribution in [2.75, 3.05) is 37.4 Å². The van der Waals surface area contributed by atoms with Crippen LogP contribution in [0, 0.1) is 0 Å². The van der Waals surface area contributed by atoms with Crippen molar-refractivity contribution in [1.82, 2.24) is 24.4 Å². The molecule has 1 aliphatic heterocycles. The molecule has 0 unspecified atom stereocenters. The molecule has 3 heterocycles. The second-order valence-corrected chi connectivity index (χ2v) is 6.66. The van der Waals surface area contributed by atoms with Gasteiger partial charge in [-0.15, -0.1) is 0 Å². The van der Waals surface area contributed by atoms with Crippen LogP contribution in [0.15, 0.2) is 29.5 Å². The number of rotatable bonds is 5. The highest BCUT2D eigenvalue weighted by Gasteiger charge is 2.20. The number of nitrogens with one attached hydrogen (secondary N) is 1. The van der Waals surface area contributed by atoms with Gasteiger partial charge in [-0.05, 0) is 18.9 Å². The van der Waals surface area contributed by atoms with Gasteiger partial charge in [-0.1, -0.05) is 0 Å². The van der Waals surface area contributed by atoms with Gasteiger partial charge in [-0.25, -0.2) is 14.8 Å². The minimum absolute atomic E-state index is 0.200. The van der Waals surface area contributed by atoms with Gasteiger partial charge < -0.3 is 14.8 Å². The van der Waals surface area contributed by atoms with E-state index in [1.807, 2.05) is 31.1 Å². The smallest absolute Gasteiger partial charge is 0.347 e. The number of hydrogen-bond acceptors (Lipinski definition) is 7. The van der Waals surface area contributed by atoms with Gasteiger partial charge in [0, 0.05) is 59.1 Å². The normalized spacial score (nSPS) is 16.0. The van der Waals surface area contributed by atoms with E-state index in [0.29, 0.717) is 6.04 Å². The Hall–Kier alpha value is -2.48. The van der Waals surface area contributed by atoms with Crippen molar-refractivity contribution in [2.24, 2.45) is 7.05 Å². The monoisotopic (exact) mass is 343 g/mol. The summed E-state index contributed by atoms with van der Waals surface area (Å²) in [5, 5.41) is 3.50. The van der Waals surface area contributed by atoms with E-state index in [1.54, 1.807) is 19.6 Å². The van der Waals surface area contributed by atoms with E-state index in [4.69, 9.17) is 0 Å². The number of piperidine rings is 1. The van der Waals surface area contributed by atoms with Gasteiger partial charge >= 0.3 is 5.69 Å². The van der Waals surface area contributed by atoms with Crippen molar-refractivity contribution >= 4 is 11.6 Å². The first-order valence-electron chi connectivity index (χ1n) is 8.52. The molecule has 25 heavy (non-hydrogen) atoms. The molecule has 8 heteroatoms. The zero-order valence-electron chi connectivity index (χ0n) is 15.0. The molecule has 0 atom stereocenters. The van der Waals surface area contributed by atoms with Crippen molar-refractivity contribution in [3.8, 4) is 0 Å². The Bertz CT molecular complexity index is 766. The molecule has 3 rings (SSSR count). The van der Waals surface area contributed by atoms with Crippen LogP contribution in [0.1, 0.15) is 18.5 Å². The molecule has 8 nitrogen and oxygen atoms in total. The molecule has 2 aromatic heterocycles. The third-order valence-corrected chi connectivity index (χ3v) is 4.47. The molecule has 0 aliphatic carbocycles. The third kappa shape index (κ3) is 4.54. The molecule has 134 valence electrons. The topological polar surface area (TPSA) is 79.2 Å². The fourth-order valence-electron chi connectivity index (χ4n) is 2.93. The summed E-state index contributed by atoms with van der Waals surface area (Å²) >= 11 is 0. The quantitative estimate of drug-likeness (QED) is 0.856. The van der Waals surface area contributed by atoms with Crippen LogP contribution < -0.4 is 15.9 Å². The number of hydrogen-bond donors (Lipinski definition) is 1.